The van der Waals surface area contributed by atoms with Gasteiger partial charge >= 0.3 is 5.97 Å². The lowest BCUT2D eigenvalue weighted by molar-refractivity contribution is 0.0697. The molecule has 1 heterocycles. The maximum Gasteiger partial charge on any atom is 0.335 e. The van der Waals surface area contributed by atoms with Gasteiger partial charge in [-0.25, -0.2) is 9.89 Å². The third-order valence-corrected chi connectivity index (χ3v) is 2.45. The topological polar surface area (TPSA) is 83.0 Å². The second kappa shape index (κ2) is 3.77. The quantitative estimate of drug-likeness (QED) is 0.792. The van der Waals surface area contributed by atoms with Crippen molar-refractivity contribution >= 4 is 16.7 Å². The Bertz CT molecular complexity index is 616. The van der Waals surface area contributed by atoms with Crippen LogP contribution in [0.15, 0.2) is 23.0 Å². The number of benzene rings is 1. The largest absolute Gasteiger partial charge is 0.478 e. The predicted octanol–water partition coefficient (Wildman–Crippen LogP) is 1.18. The Morgan fingerprint density at radius 2 is 2.19 bits per heavy atom. The zero-order chi connectivity index (χ0) is 11.7. The molecule has 0 aliphatic heterocycles. The molecule has 0 spiro atoms. The molecule has 0 unspecified atom stereocenters. The van der Waals surface area contributed by atoms with Gasteiger partial charge in [0.1, 0.15) is 0 Å². The average molecular weight is 218 g/mol. The summed E-state index contributed by atoms with van der Waals surface area (Å²) in [4.78, 5) is 22.3. The van der Waals surface area contributed by atoms with Gasteiger partial charge in [0.15, 0.2) is 0 Å². The van der Waals surface area contributed by atoms with Crippen molar-refractivity contribution < 1.29 is 9.90 Å². The fourth-order valence-electron chi connectivity index (χ4n) is 1.62. The van der Waals surface area contributed by atoms with Crippen LogP contribution in [0.5, 0.6) is 0 Å². The Morgan fingerprint density at radius 3 is 2.81 bits per heavy atom. The molecule has 2 aromatic rings. The van der Waals surface area contributed by atoms with E-state index in [0.29, 0.717) is 22.9 Å². The Morgan fingerprint density at radius 1 is 1.44 bits per heavy atom. The van der Waals surface area contributed by atoms with Crippen LogP contribution >= 0.6 is 0 Å². The Hall–Kier alpha value is -2.17. The van der Waals surface area contributed by atoms with E-state index in [1.54, 1.807) is 0 Å². The van der Waals surface area contributed by atoms with Gasteiger partial charge in [-0.05, 0) is 24.6 Å². The van der Waals surface area contributed by atoms with E-state index < -0.39 is 5.97 Å². The van der Waals surface area contributed by atoms with Gasteiger partial charge in [0.05, 0.1) is 16.6 Å². The van der Waals surface area contributed by atoms with E-state index in [2.05, 4.69) is 10.2 Å². The predicted molar refractivity (Wildman–Crippen MR) is 58.7 cm³/mol. The number of aryl methyl sites for hydroxylation is 1. The van der Waals surface area contributed by atoms with Gasteiger partial charge in [0.2, 0.25) is 0 Å². The summed E-state index contributed by atoms with van der Waals surface area (Å²) in [6.07, 6.45) is 0.635. The summed E-state index contributed by atoms with van der Waals surface area (Å²) in [6, 6.07) is 4.41. The van der Waals surface area contributed by atoms with Gasteiger partial charge in [-0.3, -0.25) is 4.79 Å². The first-order chi connectivity index (χ1) is 7.63. The molecule has 5 heteroatoms. The van der Waals surface area contributed by atoms with Crippen molar-refractivity contribution in [3.8, 4) is 0 Å². The van der Waals surface area contributed by atoms with Gasteiger partial charge in [-0.15, -0.1) is 0 Å². The molecule has 0 aliphatic rings. The number of carbonyl (C=O) groups is 1. The molecule has 0 amide bonds. The maximum absolute atomic E-state index is 11.5. The lowest BCUT2D eigenvalue weighted by Crippen LogP contribution is -2.11. The Balaban J connectivity index is 2.84. The molecule has 0 saturated heterocycles. The number of carboxylic acids is 1. The Labute approximate surface area is 90.7 Å². The number of fused-ring (bicyclic) bond motifs is 1. The highest BCUT2D eigenvalue weighted by atomic mass is 16.4. The molecule has 2 N–H and O–H groups in total. The molecule has 82 valence electrons. The van der Waals surface area contributed by atoms with E-state index in [4.69, 9.17) is 5.11 Å². The van der Waals surface area contributed by atoms with Gasteiger partial charge in [-0.1, -0.05) is 6.92 Å². The van der Waals surface area contributed by atoms with E-state index in [1.165, 1.54) is 18.2 Å². The molecular formula is C11H10N2O3. The molecule has 0 bridgehead atoms. The van der Waals surface area contributed by atoms with Gasteiger partial charge in [0, 0.05) is 5.39 Å². The fourth-order valence-corrected chi connectivity index (χ4v) is 1.62. The van der Waals surface area contributed by atoms with Crippen LogP contribution in [-0.4, -0.2) is 21.3 Å². The highest BCUT2D eigenvalue weighted by molar-refractivity contribution is 5.94. The lowest BCUT2D eigenvalue weighted by Gasteiger charge is -2.03. The number of nitrogens with one attached hydrogen (secondary N) is 1. The van der Waals surface area contributed by atoms with Crippen molar-refractivity contribution in [3.05, 3.63) is 39.8 Å². The van der Waals surface area contributed by atoms with Crippen LogP contribution in [0, 0.1) is 0 Å². The van der Waals surface area contributed by atoms with Crippen LogP contribution in [0.1, 0.15) is 23.0 Å². The summed E-state index contributed by atoms with van der Waals surface area (Å²) in [5, 5.41) is 16.2. The third kappa shape index (κ3) is 1.56. The van der Waals surface area contributed by atoms with Crippen LogP contribution in [0.25, 0.3) is 10.8 Å². The van der Waals surface area contributed by atoms with Crippen molar-refractivity contribution in [1.29, 1.82) is 0 Å². The second-order valence-corrected chi connectivity index (χ2v) is 3.42. The van der Waals surface area contributed by atoms with Crippen LogP contribution in [0.3, 0.4) is 0 Å². The van der Waals surface area contributed by atoms with Crippen molar-refractivity contribution in [2.75, 3.05) is 0 Å². The van der Waals surface area contributed by atoms with E-state index in [-0.39, 0.29) is 11.1 Å². The molecule has 5 nitrogen and oxygen atoms in total. The molecule has 1 aromatic heterocycles. The van der Waals surface area contributed by atoms with Crippen LogP contribution in [0.4, 0.5) is 0 Å². The zero-order valence-electron chi connectivity index (χ0n) is 8.65. The minimum atomic E-state index is -1.01. The minimum Gasteiger partial charge on any atom is -0.478 e. The van der Waals surface area contributed by atoms with Crippen LogP contribution in [-0.2, 0) is 6.42 Å². The first-order valence-electron chi connectivity index (χ1n) is 4.88. The Kier molecular flexibility index (Phi) is 2.44. The van der Waals surface area contributed by atoms with Crippen molar-refractivity contribution in [1.82, 2.24) is 10.2 Å². The maximum atomic E-state index is 11.5. The first-order valence-corrected chi connectivity index (χ1v) is 4.88. The van der Waals surface area contributed by atoms with Crippen molar-refractivity contribution in [3.63, 3.8) is 0 Å². The number of aromatic amines is 1. The highest BCUT2D eigenvalue weighted by Gasteiger charge is 2.09. The lowest BCUT2D eigenvalue weighted by atomic mass is 10.1. The molecule has 16 heavy (non-hydrogen) atoms. The number of aromatic carboxylic acids is 1. The number of nitrogens with zero attached hydrogens (tertiary/aromatic N) is 1. The SMILES string of the molecule is CCc1n[nH]c(=O)c2ccc(C(=O)O)cc12. The summed E-state index contributed by atoms with van der Waals surface area (Å²) in [6.45, 7) is 1.90. The number of aromatic nitrogens is 2. The molecule has 1 aromatic carbocycles. The number of hydrogen-bond acceptors (Lipinski definition) is 3. The molecule has 0 atom stereocenters. The van der Waals surface area contributed by atoms with E-state index in [1.807, 2.05) is 6.92 Å². The third-order valence-electron chi connectivity index (χ3n) is 2.45. The average Bonchev–Trinajstić information content (AvgIpc) is 2.29. The summed E-state index contributed by atoms with van der Waals surface area (Å²) >= 11 is 0. The molecule has 0 saturated carbocycles. The number of rotatable bonds is 2. The van der Waals surface area contributed by atoms with Gasteiger partial charge in [0.25, 0.3) is 5.56 Å². The highest BCUT2D eigenvalue weighted by Crippen LogP contribution is 2.15. The second-order valence-electron chi connectivity index (χ2n) is 3.42. The van der Waals surface area contributed by atoms with Crippen LogP contribution in [0.2, 0.25) is 0 Å². The minimum absolute atomic E-state index is 0.162. The molecule has 0 fully saturated rings. The van der Waals surface area contributed by atoms with E-state index >= 15 is 0 Å². The van der Waals surface area contributed by atoms with E-state index in [9.17, 15) is 9.59 Å². The fraction of sp³-hybridized carbons (Fsp3) is 0.182. The van der Waals surface area contributed by atoms with E-state index in [0.717, 1.165) is 0 Å². The molecular weight excluding hydrogens is 208 g/mol. The summed E-state index contributed by atoms with van der Waals surface area (Å²) in [5.74, 6) is -1.01. The molecule has 0 radical (unpaired) electrons. The normalized spacial score (nSPS) is 10.6. The number of hydrogen-bond donors (Lipinski definition) is 2. The standard InChI is InChI=1S/C11H10N2O3/c1-2-9-8-5-6(11(15)16)3-4-7(8)10(14)13-12-9/h3-5H,2H2,1H3,(H,13,14)(H,15,16). The summed E-state index contributed by atoms with van der Waals surface area (Å²) in [7, 11) is 0. The number of H-pyrrole nitrogens is 1. The number of carboxylic acid groups (broad SMARTS) is 1. The van der Waals surface area contributed by atoms with Crippen molar-refractivity contribution in [2.45, 2.75) is 13.3 Å². The smallest absolute Gasteiger partial charge is 0.335 e. The zero-order valence-corrected chi connectivity index (χ0v) is 8.65. The van der Waals surface area contributed by atoms with Gasteiger partial charge in [-0.2, -0.15) is 5.10 Å². The first kappa shape index (κ1) is 10.4. The monoisotopic (exact) mass is 218 g/mol. The van der Waals surface area contributed by atoms with Crippen LogP contribution < -0.4 is 5.56 Å². The summed E-state index contributed by atoms with van der Waals surface area (Å²) < 4.78 is 0. The summed E-state index contributed by atoms with van der Waals surface area (Å²) in [5.41, 5.74) is 0.552. The molecule has 0 aliphatic carbocycles. The van der Waals surface area contributed by atoms with Gasteiger partial charge < -0.3 is 5.11 Å². The molecule has 2 rings (SSSR count). The van der Waals surface area contributed by atoms with Crippen molar-refractivity contribution in [2.24, 2.45) is 0 Å².